The quantitative estimate of drug-likeness (QED) is 0.458. The Morgan fingerprint density at radius 2 is 1.73 bits per heavy atom. The van der Waals surface area contributed by atoms with Crippen LogP contribution in [0.15, 0.2) is 12.3 Å². The molecular weight excluding hydrogens is 146 g/mol. The Morgan fingerprint density at radius 1 is 1.18 bits per heavy atom. The van der Waals surface area contributed by atoms with Gasteiger partial charge in [0.25, 0.3) is 5.91 Å². The molecule has 0 aromatic carbocycles. The zero-order valence-corrected chi connectivity index (χ0v) is 6.52. The fourth-order valence-corrected chi connectivity index (χ4v) is 0.407. The van der Waals surface area contributed by atoms with Crippen molar-refractivity contribution in [1.82, 2.24) is 16.0 Å². The second-order valence-electron chi connectivity index (χ2n) is 1.76. The Labute approximate surface area is 64.8 Å². The molecule has 0 unspecified atom stereocenters. The van der Waals surface area contributed by atoms with E-state index in [1.54, 1.807) is 0 Å². The van der Waals surface area contributed by atoms with Crippen LogP contribution in [0.3, 0.4) is 0 Å². The molecule has 0 aromatic rings. The summed E-state index contributed by atoms with van der Waals surface area (Å²) in [4.78, 5) is 21.3. The second kappa shape index (κ2) is 4.32. The lowest BCUT2D eigenvalue weighted by atomic mass is 10.4. The van der Waals surface area contributed by atoms with Crippen molar-refractivity contribution in [1.29, 1.82) is 0 Å². The first-order chi connectivity index (χ1) is 5.11. The molecule has 0 saturated carbocycles. The number of amides is 3. The molecule has 0 rings (SSSR count). The smallest absolute Gasteiger partial charge is 0.319 e. The lowest BCUT2D eigenvalue weighted by Gasteiger charge is -2.04. The molecule has 0 heterocycles. The maximum absolute atomic E-state index is 10.7. The van der Waals surface area contributed by atoms with E-state index in [2.05, 4.69) is 22.5 Å². The molecule has 0 aliphatic rings. The minimum atomic E-state index is -0.460. The Hall–Kier alpha value is -1.52. The van der Waals surface area contributed by atoms with Gasteiger partial charge in [0, 0.05) is 14.1 Å². The van der Waals surface area contributed by atoms with Crippen molar-refractivity contribution >= 4 is 11.9 Å². The Kier molecular flexibility index (Phi) is 3.72. The first-order valence-corrected chi connectivity index (χ1v) is 3.01. The highest BCUT2D eigenvalue weighted by Crippen LogP contribution is 1.81. The molecule has 3 N–H and O–H groups in total. The summed E-state index contributed by atoms with van der Waals surface area (Å²) in [6, 6.07) is -0.460. The van der Waals surface area contributed by atoms with Crippen LogP contribution in [0.5, 0.6) is 0 Å². The number of rotatable bonds is 2. The number of likely N-dealkylation sites (N-methyl/N-ethyl adjacent to an activating group) is 1. The fraction of sp³-hybridized carbons (Fsp3) is 0.333. The first-order valence-electron chi connectivity index (χ1n) is 3.01. The van der Waals surface area contributed by atoms with Gasteiger partial charge in [0.05, 0.1) is 0 Å². The van der Waals surface area contributed by atoms with Gasteiger partial charge in [-0.2, -0.15) is 0 Å². The molecule has 62 valence electrons. The van der Waals surface area contributed by atoms with E-state index in [4.69, 9.17) is 0 Å². The molecule has 0 aromatic heterocycles. The predicted molar refractivity (Wildman–Crippen MR) is 40.8 cm³/mol. The number of nitrogens with one attached hydrogen (secondary N) is 3. The van der Waals surface area contributed by atoms with Crippen LogP contribution < -0.4 is 16.0 Å². The van der Waals surface area contributed by atoms with E-state index in [1.807, 2.05) is 0 Å². The van der Waals surface area contributed by atoms with Gasteiger partial charge in [-0.05, 0) is 0 Å². The van der Waals surface area contributed by atoms with Gasteiger partial charge in [-0.3, -0.25) is 4.79 Å². The van der Waals surface area contributed by atoms with Crippen LogP contribution in [0.4, 0.5) is 4.79 Å². The summed E-state index contributed by atoms with van der Waals surface area (Å²) in [6.45, 7) is 3.33. The van der Waals surface area contributed by atoms with Crippen molar-refractivity contribution in [3.63, 3.8) is 0 Å². The van der Waals surface area contributed by atoms with E-state index in [9.17, 15) is 9.59 Å². The third-order valence-corrected chi connectivity index (χ3v) is 0.993. The van der Waals surface area contributed by atoms with Crippen LogP contribution in [-0.2, 0) is 4.79 Å². The summed E-state index contributed by atoms with van der Waals surface area (Å²) >= 11 is 0. The van der Waals surface area contributed by atoms with Gasteiger partial charge in [-0.15, -0.1) is 0 Å². The molecule has 0 radical (unpaired) electrons. The molecule has 0 saturated heterocycles. The van der Waals surface area contributed by atoms with Crippen LogP contribution in [0.25, 0.3) is 0 Å². The molecule has 5 heteroatoms. The monoisotopic (exact) mass is 157 g/mol. The van der Waals surface area contributed by atoms with E-state index in [1.165, 1.54) is 14.1 Å². The van der Waals surface area contributed by atoms with Gasteiger partial charge >= 0.3 is 6.03 Å². The van der Waals surface area contributed by atoms with E-state index in [0.29, 0.717) is 0 Å². The zero-order valence-electron chi connectivity index (χ0n) is 6.52. The van der Waals surface area contributed by atoms with Gasteiger partial charge in [-0.25, -0.2) is 4.79 Å². The van der Waals surface area contributed by atoms with Crippen molar-refractivity contribution in [3.8, 4) is 0 Å². The molecule has 11 heavy (non-hydrogen) atoms. The summed E-state index contributed by atoms with van der Waals surface area (Å²) in [7, 11) is 2.91. The number of carbonyl (C=O) groups excluding carboxylic acids is 2. The molecule has 0 aliphatic carbocycles. The van der Waals surface area contributed by atoms with Gasteiger partial charge in [-0.1, -0.05) is 6.58 Å². The standard InChI is InChI=1S/C6H11N3O2/c1-4(5(10)7-2)9-6(11)8-3/h1H2,2-3H3,(H,7,10)(H2,8,9,11). The highest BCUT2D eigenvalue weighted by molar-refractivity contribution is 5.96. The maximum Gasteiger partial charge on any atom is 0.319 e. The number of hydrogen-bond acceptors (Lipinski definition) is 2. The van der Waals surface area contributed by atoms with Gasteiger partial charge < -0.3 is 16.0 Å². The summed E-state index contributed by atoms with van der Waals surface area (Å²) < 4.78 is 0. The van der Waals surface area contributed by atoms with Crippen molar-refractivity contribution in [2.75, 3.05) is 14.1 Å². The normalized spacial score (nSPS) is 8.18. The second-order valence-corrected chi connectivity index (χ2v) is 1.76. The highest BCUT2D eigenvalue weighted by Gasteiger charge is 2.05. The van der Waals surface area contributed by atoms with E-state index < -0.39 is 11.9 Å². The highest BCUT2D eigenvalue weighted by atomic mass is 16.2. The molecule has 3 amide bonds. The largest absolute Gasteiger partial charge is 0.354 e. The zero-order chi connectivity index (χ0) is 8.85. The minimum Gasteiger partial charge on any atom is -0.354 e. The first kappa shape index (κ1) is 9.48. The van der Waals surface area contributed by atoms with Crippen LogP contribution in [0, 0.1) is 0 Å². The van der Waals surface area contributed by atoms with Crippen molar-refractivity contribution in [2.45, 2.75) is 0 Å². The topological polar surface area (TPSA) is 70.2 Å². The van der Waals surface area contributed by atoms with Crippen molar-refractivity contribution in [3.05, 3.63) is 12.3 Å². The molecular formula is C6H11N3O2. The van der Waals surface area contributed by atoms with Gasteiger partial charge in [0.15, 0.2) is 0 Å². The van der Waals surface area contributed by atoms with Crippen molar-refractivity contribution < 1.29 is 9.59 Å². The average Bonchev–Trinajstić information content (AvgIpc) is 2.02. The van der Waals surface area contributed by atoms with E-state index in [0.717, 1.165) is 0 Å². The SMILES string of the molecule is C=C(NC(=O)NC)C(=O)NC. The number of hydrogen-bond donors (Lipinski definition) is 3. The van der Waals surface area contributed by atoms with Crippen LogP contribution in [0.2, 0.25) is 0 Å². The fourth-order valence-electron chi connectivity index (χ4n) is 0.407. The molecule has 0 atom stereocenters. The molecule has 0 fully saturated rings. The Morgan fingerprint density at radius 3 is 2.09 bits per heavy atom. The van der Waals surface area contributed by atoms with Gasteiger partial charge in [0.2, 0.25) is 0 Å². The number of carbonyl (C=O) groups is 2. The maximum atomic E-state index is 10.7. The summed E-state index contributed by atoms with van der Waals surface area (Å²) in [5.41, 5.74) is 0.0202. The molecule has 0 bridgehead atoms. The third kappa shape index (κ3) is 3.24. The van der Waals surface area contributed by atoms with Crippen LogP contribution in [-0.4, -0.2) is 26.0 Å². The summed E-state index contributed by atoms with van der Waals surface area (Å²) in [6.07, 6.45) is 0. The van der Waals surface area contributed by atoms with Gasteiger partial charge in [0.1, 0.15) is 5.70 Å². The lowest BCUT2D eigenvalue weighted by molar-refractivity contribution is -0.117. The molecule has 5 nitrogen and oxygen atoms in total. The summed E-state index contributed by atoms with van der Waals surface area (Å²) in [5, 5.41) is 6.82. The number of urea groups is 1. The minimum absolute atomic E-state index is 0.0202. The predicted octanol–water partition coefficient (Wildman–Crippen LogP) is -0.825. The average molecular weight is 157 g/mol. The summed E-state index contributed by atoms with van der Waals surface area (Å²) in [5.74, 6) is -0.409. The Balaban J connectivity index is 3.88. The van der Waals surface area contributed by atoms with E-state index >= 15 is 0 Å². The van der Waals surface area contributed by atoms with Crippen LogP contribution >= 0.6 is 0 Å². The molecule has 0 spiro atoms. The van der Waals surface area contributed by atoms with E-state index in [-0.39, 0.29) is 5.70 Å². The van der Waals surface area contributed by atoms with Crippen molar-refractivity contribution in [2.24, 2.45) is 0 Å². The Bertz CT molecular complexity index is 188. The third-order valence-electron chi connectivity index (χ3n) is 0.993. The van der Waals surface area contributed by atoms with Crippen LogP contribution in [0.1, 0.15) is 0 Å². The lowest BCUT2D eigenvalue weighted by Crippen LogP contribution is -2.37. The molecule has 0 aliphatic heterocycles.